The Balaban J connectivity index is 2.39. The molecule has 0 radical (unpaired) electrons. The largest absolute Gasteiger partial charge is 0.505 e. The van der Waals surface area contributed by atoms with Gasteiger partial charge < -0.3 is 10.1 Å². The van der Waals surface area contributed by atoms with Crippen LogP contribution >= 0.6 is 8.03 Å². The van der Waals surface area contributed by atoms with Crippen LogP contribution in [-0.2, 0) is 9.30 Å². The topological polar surface area (TPSA) is 75.6 Å². The van der Waals surface area contributed by atoms with E-state index in [1.165, 1.54) is 0 Å². The molecule has 1 aliphatic rings. The van der Waals surface area contributed by atoms with Gasteiger partial charge in [0.2, 0.25) is 0 Å². The van der Waals surface area contributed by atoms with Gasteiger partial charge in [0.25, 0.3) is 0 Å². The van der Waals surface area contributed by atoms with Crippen molar-refractivity contribution in [3.63, 3.8) is 0 Å². The SMILES string of the molecule is CC(C)(C)OC(=O)N[C@]1(C)C[C@H]1C[P+](=O)O. The highest BCUT2D eigenvalue weighted by Crippen LogP contribution is 2.46. The molecule has 0 aliphatic heterocycles. The lowest BCUT2D eigenvalue weighted by Crippen LogP contribution is -2.40. The molecule has 92 valence electrons. The molecule has 0 aromatic rings. The van der Waals surface area contributed by atoms with Crippen molar-refractivity contribution in [3.8, 4) is 0 Å². The van der Waals surface area contributed by atoms with Crippen LogP contribution in [0.3, 0.4) is 0 Å². The normalized spacial score (nSPS) is 29.6. The summed E-state index contributed by atoms with van der Waals surface area (Å²) < 4.78 is 15.8. The molecule has 1 amide bonds. The zero-order chi connectivity index (χ0) is 12.6. The summed E-state index contributed by atoms with van der Waals surface area (Å²) in [5.74, 6) is 0.0774. The molecule has 0 aromatic heterocycles. The Morgan fingerprint density at radius 2 is 2.19 bits per heavy atom. The van der Waals surface area contributed by atoms with E-state index in [-0.39, 0.29) is 17.6 Å². The molecule has 1 fully saturated rings. The highest BCUT2D eigenvalue weighted by Gasteiger charge is 2.55. The molecule has 1 unspecified atom stereocenters. The third kappa shape index (κ3) is 4.06. The summed E-state index contributed by atoms with van der Waals surface area (Å²) in [7, 11) is -2.13. The zero-order valence-corrected chi connectivity index (χ0v) is 11.0. The highest BCUT2D eigenvalue weighted by molar-refractivity contribution is 7.38. The summed E-state index contributed by atoms with van der Waals surface area (Å²) in [4.78, 5) is 20.3. The van der Waals surface area contributed by atoms with Crippen molar-refractivity contribution in [1.29, 1.82) is 0 Å². The molecule has 0 aromatic carbocycles. The van der Waals surface area contributed by atoms with Gasteiger partial charge in [-0.15, -0.1) is 0 Å². The molecule has 0 bridgehead atoms. The monoisotopic (exact) mass is 248 g/mol. The van der Waals surface area contributed by atoms with Gasteiger partial charge in [-0.3, -0.25) is 0 Å². The van der Waals surface area contributed by atoms with Crippen molar-refractivity contribution < 1.29 is 19.0 Å². The summed E-state index contributed by atoms with van der Waals surface area (Å²) in [6, 6.07) is 0. The fourth-order valence-electron chi connectivity index (χ4n) is 1.60. The molecule has 6 heteroatoms. The number of carbonyl (C=O) groups is 1. The van der Waals surface area contributed by atoms with Crippen LogP contribution in [0.5, 0.6) is 0 Å². The summed E-state index contributed by atoms with van der Waals surface area (Å²) in [6.45, 7) is 7.25. The molecular weight excluding hydrogens is 229 g/mol. The fourth-order valence-corrected chi connectivity index (χ4v) is 2.51. The molecule has 2 N–H and O–H groups in total. The minimum absolute atomic E-state index is 0.0774. The standard InChI is InChI=1S/C10H18NO4P/c1-9(2,3)15-8(12)11-10(4)5-7(10)6-16(13)14/h7H,5-6H2,1-4H3,(H-,11,12,13,14)/p+1/t7-,10+/m0/s1. The summed E-state index contributed by atoms with van der Waals surface area (Å²) in [5.41, 5.74) is -0.900. The van der Waals surface area contributed by atoms with Gasteiger partial charge in [0.15, 0.2) is 6.16 Å². The second-order valence-corrected chi connectivity index (χ2v) is 6.55. The van der Waals surface area contributed by atoms with E-state index in [0.29, 0.717) is 0 Å². The lowest BCUT2D eigenvalue weighted by Gasteiger charge is -2.22. The number of alkyl carbamates (subject to hydrolysis) is 1. The van der Waals surface area contributed by atoms with Crippen LogP contribution in [0.2, 0.25) is 0 Å². The molecule has 0 heterocycles. The van der Waals surface area contributed by atoms with Crippen LogP contribution in [0.4, 0.5) is 4.79 Å². The number of amides is 1. The lowest BCUT2D eigenvalue weighted by atomic mass is 10.2. The van der Waals surface area contributed by atoms with E-state index in [9.17, 15) is 9.36 Å². The molecule has 1 saturated carbocycles. The third-order valence-electron chi connectivity index (χ3n) is 2.57. The predicted octanol–water partition coefficient (Wildman–Crippen LogP) is 2.02. The van der Waals surface area contributed by atoms with E-state index in [1.807, 2.05) is 6.92 Å². The Morgan fingerprint density at radius 1 is 1.62 bits per heavy atom. The van der Waals surface area contributed by atoms with E-state index < -0.39 is 19.7 Å². The first-order valence-electron chi connectivity index (χ1n) is 5.27. The maximum absolute atomic E-state index is 11.5. The van der Waals surface area contributed by atoms with Crippen LogP contribution in [0.1, 0.15) is 34.1 Å². The Kier molecular flexibility index (Phi) is 3.60. The molecule has 3 atom stereocenters. The Hall–Kier alpha value is -0.670. The van der Waals surface area contributed by atoms with Crippen molar-refractivity contribution in [1.82, 2.24) is 5.32 Å². The van der Waals surface area contributed by atoms with Crippen LogP contribution in [0.25, 0.3) is 0 Å². The Labute approximate surface area is 96.4 Å². The smallest absolute Gasteiger partial charge is 0.444 e. The number of nitrogens with one attached hydrogen (secondary N) is 1. The second-order valence-electron chi connectivity index (χ2n) is 5.48. The zero-order valence-electron chi connectivity index (χ0n) is 10.1. The van der Waals surface area contributed by atoms with Gasteiger partial charge in [0.1, 0.15) is 5.60 Å². The average Bonchev–Trinajstić information content (AvgIpc) is 2.53. The second kappa shape index (κ2) is 4.30. The van der Waals surface area contributed by atoms with E-state index in [2.05, 4.69) is 5.32 Å². The van der Waals surface area contributed by atoms with Crippen molar-refractivity contribution in [2.24, 2.45) is 5.92 Å². The first-order valence-corrected chi connectivity index (χ1v) is 6.67. The highest BCUT2D eigenvalue weighted by atomic mass is 31.1. The molecule has 1 rings (SSSR count). The van der Waals surface area contributed by atoms with Crippen molar-refractivity contribution in [3.05, 3.63) is 0 Å². The Morgan fingerprint density at radius 3 is 2.62 bits per heavy atom. The van der Waals surface area contributed by atoms with E-state index in [0.717, 1.165) is 6.42 Å². The van der Waals surface area contributed by atoms with Crippen LogP contribution in [-0.4, -0.2) is 28.3 Å². The van der Waals surface area contributed by atoms with E-state index >= 15 is 0 Å². The first-order chi connectivity index (χ1) is 7.12. The number of rotatable bonds is 3. The van der Waals surface area contributed by atoms with Crippen LogP contribution in [0.15, 0.2) is 0 Å². The predicted molar refractivity (Wildman–Crippen MR) is 60.6 cm³/mol. The minimum Gasteiger partial charge on any atom is -0.444 e. The molecular formula is C10H19NO4P+. The van der Waals surface area contributed by atoms with E-state index in [1.54, 1.807) is 20.8 Å². The molecule has 0 spiro atoms. The van der Waals surface area contributed by atoms with Crippen LogP contribution in [0, 0.1) is 5.92 Å². The third-order valence-corrected chi connectivity index (χ3v) is 3.33. The molecule has 5 nitrogen and oxygen atoms in total. The van der Waals surface area contributed by atoms with Crippen molar-refractivity contribution in [2.45, 2.75) is 45.3 Å². The summed E-state index contributed by atoms with van der Waals surface area (Å²) in [5, 5.41) is 2.74. The van der Waals surface area contributed by atoms with Gasteiger partial charge in [0, 0.05) is 11.5 Å². The first kappa shape index (κ1) is 13.4. The number of hydrogen-bond acceptors (Lipinski definition) is 3. The van der Waals surface area contributed by atoms with Gasteiger partial charge in [-0.1, -0.05) is 0 Å². The van der Waals surface area contributed by atoms with Gasteiger partial charge in [-0.25, -0.2) is 4.79 Å². The minimum atomic E-state index is -2.13. The number of carbonyl (C=O) groups excluding carboxylic acids is 1. The molecule has 1 aliphatic carbocycles. The van der Waals surface area contributed by atoms with E-state index in [4.69, 9.17) is 9.63 Å². The average molecular weight is 248 g/mol. The Bertz CT molecular complexity index is 312. The molecule has 0 saturated heterocycles. The maximum Gasteiger partial charge on any atom is 0.505 e. The number of ether oxygens (including phenoxy) is 1. The quantitative estimate of drug-likeness (QED) is 0.749. The van der Waals surface area contributed by atoms with Crippen molar-refractivity contribution >= 4 is 14.1 Å². The van der Waals surface area contributed by atoms with Gasteiger partial charge in [-0.2, -0.15) is 4.89 Å². The lowest BCUT2D eigenvalue weighted by molar-refractivity contribution is 0.0497. The molecule has 16 heavy (non-hydrogen) atoms. The summed E-state index contributed by atoms with van der Waals surface area (Å²) >= 11 is 0. The van der Waals surface area contributed by atoms with Gasteiger partial charge in [0.05, 0.1) is 0 Å². The van der Waals surface area contributed by atoms with Crippen molar-refractivity contribution in [2.75, 3.05) is 6.16 Å². The fraction of sp³-hybridized carbons (Fsp3) is 0.900. The van der Waals surface area contributed by atoms with Gasteiger partial charge >= 0.3 is 14.1 Å². The number of hydrogen-bond donors (Lipinski definition) is 2. The maximum atomic E-state index is 11.5. The summed E-state index contributed by atoms with van der Waals surface area (Å²) in [6.07, 6.45) is 0.501. The van der Waals surface area contributed by atoms with Gasteiger partial charge in [-0.05, 0) is 38.7 Å². The van der Waals surface area contributed by atoms with Crippen LogP contribution < -0.4 is 5.32 Å².